The number of nitrogens with zero attached hydrogens (tertiary/aromatic N) is 1. The van der Waals surface area contributed by atoms with Crippen molar-refractivity contribution in [3.8, 4) is 0 Å². The van der Waals surface area contributed by atoms with Gasteiger partial charge in [-0.05, 0) is 23.6 Å². The number of aliphatic imine (C=N–C) groups is 1. The van der Waals surface area contributed by atoms with Crippen LogP contribution in [0.15, 0.2) is 29.3 Å². The molecule has 0 saturated heterocycles. The predicted octanol–water partition coefficient (Wildman–Crippen LogP) is 2.96. The van der Waals surface area contributed by atoms with Gasteiger partial charge in [-0.2, -0.15) is 0 Å². The molecule has 1 aromatic carbocycles. The van der Waals surface area contributed by atoms with Crippen LogP contribution < -0.4 is 11.1 Å². The number of hydrogen-bond acceptors (Lipinski definition) is 3. The zero-order valence-electron chi connectivity index (χ0n) is 12.9. The highest BCUT2D eigenvalue weighted by Crippen LogP contribution is 2.18. The number of ether oxygens (including phenoxy) is 1. The number of hydrogen-bond donors (Lipinski definition) is 2. The Balaban J connectivity index is 0.00000400. The van der Waals surface area contributed by atoms with Crippen molar-refractivity contribution in [2.24, 2.45) is 16.6 Å². The zero-order valence-corrected chi connectivity index (χ0v) is 15.3. The molecule has 0 heterocycles. The summed E-state index contributed by atoms with van der Waals surface area (Å²) in [5.41, 5.74) is 7.93. The Labute approximate surface area is 143 Å². The highest BCUT2D eigenvalue weighted by molar-refractivity contribution is 14.0. The van der Waals surface area contributed by atoms with Crippen molar-refractivity contribution in [1.29, 1.82) is 0 Å². The topological polar surface area (TPSA) is 76.7 Å². The minimum Gasteiger partial charge on any atom is -0.469 e. The fourth-order valence-corrected chi connectivity index (χ4v) is 1.67. The van der Waals surface area contributed by atoms with Crippen molar-refractivity contribution < 1.29 is 9.53 Å². The van der Waals surface area contributed by atoms with E-state index in [0.717, 1.165) is 5.69 Å². The van der Waals surface area contributed by atoms with E-state index in [1.807, 2.05) is 18.2 Å². The summed E-state index contributed by atoms with van der Waals surface area (Å²) in [6, 6.07) is 8.01. The quantitative estimate of drug-likeness (QED) is 0.342. The molecular formula is C15H24IN3O2. The van der Waals surface area contributed by atoms with Crippen molar-refractivity contribution >= 4 is 41.6 Å². The third-order valence-corrected chi connectivity index (χ3v) is 2.96. The second-order valence-electron chi connectivity index (χ2n) is 5.06. The number of halogens is 1. The fourth-order valence-electron chi connectivity index (χ4n) is 1.67. The van der Waals surface area contributed by atoms with Gasteiger partial charge in [0.2, 0.25) is 0 Å². The Morgan fingerprint density at radius 1 is 1.38 bits per heavy atom. The van der Waals surface area contributed by atoms with Crippen molar-refractivity contribution in [3.05, 3.63) is 29.8 Å². The van der Waals surface area contributed by atoms with Crippen molar-refractivity contribution in [2.45, 2.75) is 26.7 Å². The molecule has 0 aromatic heterocycles. The van der Waals surface area contributed by atoms with Crippen LogP contribution in [0.5, 0.6) is 0 Å². The van der Waals surface area contributed by atoms with E-state index in [1.54, 1.807) is 6.92 Å². The number of esters is 1. The maximum Gasteiger partial charge on any atom is 0.310 e. The molecule has 3 N–H and O–H groups in total. The van der Waals surface area contributed by atoms with Gasteiger partial charge in [0.15, 0.2) is 5.96 Å². The second kappa shape index (κ2) is 9.59. The van der Waals surface area contributed by atoms with E-state index < -0.39 is 0 Å². The van der Waals surface area contributed by atoms with Gasteiger partial charge in [0.05, 0.1) is 19.6 Å². The Kier molecular flexibility index (Phi) is 9.00. The molecule has 0 saturated carbocycles. The summed E-state index contributed by atoms with van der Waals surface area (Å²) in [6.45, 7) is 6.32. The van der Waals surface area contributed by atoms with Crippen LogP contribution >= 0.6 is 24.0 Å². The standard InChI is InChI=1S/C15H23N3O2.HI/c1-10(2)12-6-5-7-13(8-12)18-15(16)17-9-11(3)14(19)20-4;/h5-8,10-11H,9H2,1-4H3,(H3,16,17,18);1H. The molecule has 1 aromatic rings. The number of methoxy groups -OCH3 is 1. The second-order valence-corrected chi connectivity index (χ2v) is 5.06. The first-order valence-electron chi connectivity index (χ1n) is 6.68. The molecule has 0 amide bonds. The Morgan fingerprint density at radius 3 is 2.62 bits per heavy atom. The van der Waals surface area contributed by atoms with Gasteiger partial charge in [0.1, 0.15) is 0 Å². The van der Waals surface area contributed by atoms with E-state index >= 15 is 0 Å². The average Bonchev–Trinajstić information content (AvgIpc) is 2.44. The van der Waals surface area contributed by atoms with E-state index in [2.05, 4.69) is 35.0 Å². The lowest BCUT2D eigenvalue weighted by atomic mass is 10.0. The van der Waals surface area contributed by atoms with Gasteiger partial charge in [-0.15, -0.1) is 24.0 Å². The monoisotopic (exact) mass is 405 g/mol. The van der Waals surface area contributed by atoms with Gasteiger partial charge in [-0.1, -0.05) is 32.9 Å². The maximum absolute atomic E-state index is 11.2. The fraction of sp³-hybridized carbons (Fsp3) is 0.467. The normalized spacial score (nSPS) is 12.5. The number of benzene rings is 1. The number of nitrogens with two attached hydrogens (primary N) is 1. The summed E-state index contributed by atoms with van der Waals surface area (Å²) in [5.74, 6) is 0.154. The van der Waals surface area contributed by atoms with Crippen molar-refractivity contribution in [2.75, 3.05) is 19.0 Å². The first-order valence-corrected chi connectivity index (χ1v) is 6.68. The minimum atomic E-state index is -0.303. The van der Waals surface area contributed by atoms with Crippen molar-refractivity contribution in [3.63, 3.8) is 0 Å². The molecule has 118 valence electrons. The molecule has 0 aliphatic rings. The molecule has 1 atom stereocenters. The molecule has 0 bridgehead atoms. The Hall–Kier alpha value is -1.31. The Morgan fingerprint density at radius 2 is 2.05 bits per heavy atom. The van der Waals surface area contributed by atoms with Crippen LogP contribution in [-0.2, 0) is 9.53 Å². The van der Waals surface area contributed by atoms with E-state index in [9.17, 15) is 4.79 Å². The highest BCUT2D eigenvalue weighted by Gasteiger charge is 2.12. The number of nitrogens with one attached hydrogen (secondary N) is 1. The van der Waals surface area contributed by atoms with Gasteiger partial charge in [0.25, 0.3) is 0 Å². The van der Waals surface area contributed by atoms with E-state index in [-0.39, 0.29) is 35.9 Å². The highest BCUT2D eigenvalue weighted by atomic mass is 127. The SMILES string of the molecule is COC(=O)C(C)CN=C(N)Nc1cccc(C(C)C)c1.I. The summed E-state index contributed by atoms with van der Waals surface area (Å²) in [4.78, 5) is 15.4. The third-order valence-electron chi connectivity index (χ3n) is 2.96. The van der Waals surface area contributed by atoms with Gasteiger partial charge in [-0.3, -0.25) is 9.79 Å². The Bertz CT molecular complexity index is 490. The number of carbonyl (C=O) groups is 1. The van der Waals surface area contributed by atoms with Gasteiger partial charge in [-0.25, -0.2) is 0 Å². The first kappa shape index (κ1) is 19.7. The number of guanidine groups is 1. The third kappa shape index (κ3) is 6.79. The molecule has 5 nitrogen and oxygen atoms in total. The van der Waals surface area contributed by atoms with Crippen LogP contribution in [0.3, 0.4) is 0 Å². The summed E-state index contributed by atoms with van der Waals surface area (Å²) < 4.78 is 4.64. The van der Waals surface area contributed by atoms with E-state index in [0.29, 0.717) is 18.4 Å². The van der Waals surface area contributed by atoms with E-state index in [1.165, 1.54) is 12.7 Å². The molecule has 0 aliphatic carbocycles. The smallest absolute Gasteiger partial charge is 0.310 e. The van der Waals surface area contributed by atoms with Crippen LogP contribution in [0, 0.1) is 5.92 Å². The maximum atomic E-state index is 11.2. The number of carbonyl (C=O) groups excluding carboxylic acids is 1. The molecule has 6 heteroatoms. The zero-order chi connectivity index (χ0) is 15.1. The van der Waals surface area contributed by atoms with Crippen LogP contribution in [-0.4, -0.2) is 25.6 Å². The minimum absolute atomic E-state index is 0. The molecule has 0 spiro atoms. The summed E-state index contributed by atoms with van der Waals surface area (Å²) in [6.07, 6.45) is 0. The lowest BCUT2D eigenvalue weighted by Crippen LogP contribution is -2.25. The summed E-state index contributed by atoms with van der Waals surface area (Å²) in [7, 11) is 1.36. The summed E-state index contributed by atoms with van der Waals surface area (Å²) >= 11 is 0. The molecule has 1 unspecified atom stereocenters. The largest absolute Gasteiger partial charge is 0.469 e. The first-order chi connectivity index (χ1) is 9.43. The lowest BCUT2D eigenvalue weighted by Gasteiger charge is -2.11. The number of anilines is 1. The van der Waals surface area contributed by atoms with Crippen LogP contribution in [0.1, 0.15) is 32.3 Å². The molecule has 0 fully saturated rings. The summed E-state index contributed by atoms with van der Waals surface area (Å²) in [5, 5.41) is 3.03. The van der Waals surface area contributed by atoms with Gasteiger partial charge in [0, 0.05) is 5.69 Å². The molecule has 0 aliphatic heterocycles. The van der Waals surface area contributed by atoms with Crippen LogP contribution in [0.4, 0.5) is 5.69 Å². The lowest BCUT2D eigenvalue weighted by molar-refractivity contribution is -0.144. The van der Waals surface area contributed by atoms with Gasteiger partial charge >= 0.3 is 5.97 Å². The van der Waals surface area contributed by atoms with Crippen LogP contribution in [0.25, 0.3) is 0 Å². The predicted molar refractivity (Wildman–Crippen MR) is 97.2 cm³/mol. The molecule has 1 rings (SSSR count). The molecular weight excluding hydrogens is 381 g/mol. The molecule has 21 heavy (non-hydrogen) atoms. The van der Waals surface area contributed by atoms with Crippen LogP contribution in [0.2, 0.25) is 0 Å². The van der Waals surface area contributed by atoms with Gasteiger partial charge < -0.3 is 15.8 Å². The van der Waals surface area contributed by atoms with Crippen molar-refractivity contribution in [1.82, 2.24) is 0 Å². The molecule has 0 radical (unpaired) electrons. The average molecular weight is 405 g/mol. The van der Waals surface area contributed by atoms with E-state index in [4.69, 9.17) is 5.73 Å². The number of rotatable bonds is 5.